The molecule has 1 aliphatic heterocycles. The highest BCUT2D eigenvalue weighted by molar-refractivity contribution is 5.83. The molecule has 0 radical (unpaired) electrons. The van der Waals surface area contributed by atoms with E-state index < -0.39 is 0 Å². The van der Waals surface area contributed by atoms with Crippen LogP contribution in [0.3, 0.4) is 0 Å². The SMILES string of the molecule is O=C(Cc1ccc(F)cc1)N/N=C/c1ccc(N2CCCC2)c(F)c1. The van der Waals surface area contributed by atoms with E-state index in [9.17, 15) is 13.6 Å². The second-order valence-electron chi connectivity index (χ2n) is 6.00. The fourth-order valence-corrected chi connectivity index (χ4v) is 2.82. The van der Waals surface area contributed by atoms with E-state index in [0.717, 1.165) is 25.9 Å². The van der Waals surface area contributed by atoms with Gasteiger partial charge in [0.2, 0.25) is 5.91 Å². The molecule has 0 bridgehead atoms. The Balaban J connectivity index is 1.55. The predicted molar refractivity (Wildman–Crippen MR) is 93.7 cm³/mol. The average Bonchev–Trinajstić information content (AvgIpc) is 3.11. The highest BCUT2D eigenvalue weighted by Crippen LogP contribution is 2.23. The fourth-order valence-electron chi connectivity index (χ4n) is 2.82. The Morgan fingerprint density at radius 1 is 1.12 bits per heavy atom. The van der Waals surface area contributed by atoms with Gasteiger partial charge >= 0.3 is 0 Å². The molecule has 0 aliphatic carbocycles. The quantitative estimate of drug-likeness (QED) is 0.669. The molecule has 1 amide bonds. The number of nitrogens with zero attached hydrogens (tertiary/aromatic N) is 2. The molecule has 0 unspecified atom stereocenters. The van der Waals surface area contributed by atoms with E-state index in [1.54, 1.807) is 24.3 Å². The van der Waals surface area contributed by atoms with E-state index in [-0.39, 0.29) is 24.0 Å². The number of benzene rings is 2. The molecule has 1 fully saturated rings. The summed E-state index contributed by atoms with van der Waals surface area (Å²) in [6, 6.07) is 10.6. The Kier molecular flexibility index (Phi) is 5.38. The second-order valence-corrected chi connectivity index (χ2v) is 6.00. The minimum Gasteiger partial charge on any atom is -0.369 e. The predicted octanol–water partition coefficient (Wildman–Crippen LogP) is 3.26. The van der Waals surface area contributed by atoms with Crippen LogP contribution < -0.4 is 10.3 Å². The summed E-state index contributed by atoms with van der Waals surface area (Å²) in [7, 11) is 0. The molecule has 25 heavy (non-hydrogen) atoms. The number of halogens is 2. The van der Waals surface area contributed by atoms with Crippen LogP contribution in [0.4, 0.5) is 14.5 Å². The van der Waals surface area contributed by atoms with Crippen molar-refractivity contribution < 1.29 is 13.6 Å². The fraction of sp³-hybridized carbons (Fsp3) is 0.263. The minimum atomic E-state index is -0.346. The lowest BCUT2D eigenvalue weighted by Gasteiger charge is -2.18. The van der Waals surface area contributed by atoms with Crippen LogP contribution in [0, 0.1) is 11.6 Å². The zero-order valence-electron chi connectivity index (χ0n) is 13.7. The first-order valence-electron chi connectivity index (χ1n) is 8.23. The maximum atomic E-state index is 14.2. The summed E-state index contributed by atoms with van der Waals surface area (Å²) in [4.78, 5) is 13.8. The number of anilines is 1. The largest absolute Gasteiger partial charge is 0.369 e. The van der Waals surface area contributed by atoms with Gasteiger partial charge in [0.1, 0.15) is 11.6 Å². The molecule has 1 aliphatic rings. The normalized spacial score (nSPS) is 14.2. The van der Waals surface area contributed by atoms with E-state index in [1.165, 1.54) is 24.4 Å². The van der Waals surface area contributed by atoms with Crippen molar-refractivity contribution >= 4 is 17.8 Å². The zero-order valence-corrected chi connectivity index (χ0v) is 13.7. The summed E-state index contributed by atoms with van der Waals surface area (Å²) >= 11 is 0. The lowest BCUT2D eigenvalue weighted by molar-refractivity contribution is -0.120. The topological polar surface area (TPSA) is 44.7 Å². The van der Waals surface area contributed by atoms with Gasteiger partial charge in [0.15, 0.2) is 0 Å². The van der Waals surface area contributed by atoms with E-state index in [4.69, 9.17) is 0 Å². The minimum absolute atomic E-state index is 0.0971. The van der Waals surface area contributed by atoms with Crippen molar-refractivity contribution in [2.45, 2.75) is 19.3 Å². The van der Waals surface area contributed by atoms with Crippen LogP contribution in [0.5, 0.6) is 0 Å². The van der Waals surface area contributed by atoms with Gasteiger partial charge in [-0.15, -0.1) is 0 Å². The van der Waals surface area contributed by atoms with E-state index in [0.29, 0.717) is 16.8 Å². The first-order chi connectivity index (χ1) is 12.1. The standard InChI is InChI=1S/C19H19F2N3O/c20-16-6-3-14(4-7-16)12-19(25)23-22-13-15-5-8-18(17(21)11-15)24-9-1-2-10-24/h3-8,11,13H,1-2,9-10,12H2,(H,23,25)/b22-13+. The van der Waals surface area contributed by atoms with Gasteiger partial charge in [0.05, 0.1) is 18.3 Å². The van der Waals surface area contributed by atoms with Crippen LogP contribution in [0.15, 0.2) is 47.6 Å². The van der Waals surface area contributed by atoms with Crippen molar-refractivity contribution in [3.8, 4) is 0 Å². The van der Waals surface area contributed by atoms with Gasteiger partial charge in [-0.1, -0.05) is 18.2 Å². The number of amides is 1. The summed E-state index contributed by atoms with van der Waals surface area (Å²) in [5.41, 5.74) is 4.26. The van der Waals surface area contributed by atoms with Crippen LogP contribution in [0.2, 0.25) is 0 Å². The molecule has 6 heteroatoms. The van der Waals surface area contributed by atoms with Gasteiger partial charge in [-0.3, -0.25) is 4.79 Å². The van der Waals surface area contributed by atoms with E-state index in [2.05, 4.69) is 10.5 Å². The van der Waals surface area contributed by atoms with Crippen molar-refractivity contribution in [2.75, 3.05) is 18.0 Å². The monoisotopic (exact) mass is 343 g/mol. The van der Waals surface area contributed by atoms with Crippen molar-refractivity contribution in [3.05, 3.63) is 65.2 Å². The molecule has 0 atom stereocenters. The maximum absolute atomic E-state index is 14.2. The van der Waals surface area contributed by atoms with Crippen LogP contribution in [-0.4, -0.2) is 25.2 Å². The van der Waals surface area contributed by atoms with Gasteiger partial charge in [-0.25, -0.2) is 14.2 Å². The number of hydrogen-bond donors (Lipinski definition) is 1. The van der Waals surface area contributed by atoms with Crippen LogP contribution in [0.25, 0.3) is 0 Å². The molecule has 0 saturated carbocycles. The molecule has 1 saturated heterocycles. The first kappa shape index (κ1) is 17.1. The Hall–Kier alpha value is -2.76. The molecule has 1 N–H and O–H groups in total. The van der Waals surface area contributed by atoms with Gasteiger partial charge < -0.3 is 4.90 Å². The van der Waals surface area contributed by atoms with E-state index >= 15 is 0 Å². The Bertz CT molecular complexity index is 769. The van der Waals surface area contributed by atoms with Gasteiger partial charge in [-0.05, 0) is 48.2 Å². The molecular weight excluding hydrogens is 324 g/mol. The molecule has 3 rings (SSSR count). The number of carbonyl (C=O) groups excluding carboxylic acids is 1. The molecule has 1 heterocycles. The summed E-state index contributed by atoms with van der Waals surface area (Å²) in [6.07, 6.45) is 3.67. The third-order valence-corrected chi connectivity index (χ3v) is 4.10. The molecule has 2 aromatic rings. The number of carbonyl (C=O) groups is 1. The van der Waals surface area contributed by atoms with Crippen molar-refractivity contribution in [1.29, 1.82) is 0 Å². The lowest BCUT2D eigenvalue weighted by Crippen LogP contribution is -2.20. The number of rotatable bonds is 5. The summed E-state index contributed by atoms with van der Waals surface area (Å²) in [5, 5.41) is 3.84. The Morgan fingerprint density at radius 2 is 1.84 bits per heavy atom. The van der Waals surface area contributed by atoms with Crippen LogP contribution in [0.1, 0.15) is 24.0 Å². The van der Waals surface area contributed by atoms with Gasteiger partial charge in [-0.2, -0.15) is 5.10 Å². The molecule has 0 aromatic heterocycles. The molecule has 4 nitrogen and oxygen atoms in total. The van der Waals surface area contributed by atoms with Crippen molar-refractivity contribution in [1.82, 2.24) is 5.43 Å². The number of hydrogen-bond acceptors (Lipinski definition) is 3. The third kappa shape index (κ3) is 4.62. The van der Waals surface area contributed by atoms with Gasteiger partial charge in [0.25, 0.3) is 0 Å². The van der Waals surface area contributed by atoms with Crippen LogP contribution >= 0.6 is 0 Å². The Morgan fingerprint density at radius 3 is 2.52 bits per heavy atom. The summed E-state index contributed by atoms with van der Waals surface area (Å²) in [5.74, 6) is -0.956. The molecule has 0 spiro atoms. The molecule has 2 aromatic carbocycles. The third-order valence-electron chi connectivity index (χ3n) is 4.10. The number of hydrazone groups is 1. The lowest BCUT2D eigenvalue weighted by atomic mass is 10.1. The van der Waals surface area contributed by atoms with E-state index in [1.807, 2.05) is 4.90 Å². The summed E-state index contributed by atoms with van der Waals surface area (Å²) < 4.78 is 27.0. The van der Waals surface area contributed by atoms with Gasteiger partial charge in [0, 0.05) is 13.1 Å². The van der Waals surface area contributed by atoms with Crippen molar-refractivity contribution in [3.63, 3.8) is 0 Å². The number of nitrogens with one attached hydrogen (secondary N) is 1. The smallest absolute Gasteiger partial charge is 0.244 e. The second kappa shape index (κ2) is 7.88. The average molecular weight is 343 g/mol. The highest BCUT2D eigenvalue weighted by atomic mass is 19.1. The van der Waals surface area contributed by atoms with Crippen molar-refractivity contribution in [2.24, 2.45) is 5.10 Å². The van der Waals surface area contributed by atoms with Crippen LogP contribution in [-0.2, 0) is 11.2 Å². The summed E-state index contributed by atoms with van der Waals surface area (Å²) in [6.45, 7) is 1.76. The maximum Gasteiger partial charge on any atom is 0.244 e. The first-order valence-corrected chi connectivity index (χ1v) is 8.23. The Labute approximate surface area is 145 Å². The molecule has 130 valence electrons. The highest BCUT2D eigenvalue weighted by Gasteiger charge is 2.15. The zero-order chi connectivity index (χ0) is 17.6. The molecular formula is C19H19F2N3O.